The number of aryl methyl sites for hydroxylation is 1. The van der Waals surface area contributed by atoms with Crippen LogP contribution in [0.4, 0.5) is 5.69 Å². The van der Waals surface area contributed by atoms with Crippen molar-refractivity contribution < 1.29 is 14.4 Å². The zero-order valence-electron chi connectivity index (χ0n) is 21.3. The maximum Gasteiger partial charge on any atom is 0.354 e. The van der Waals surface area contributed by atoms with Gasteiger partial charge in [0.2, 0.25) is 0 Å². The van der Waals surface area contributed by atoms with Gasteiger partial charge in [0.05, 0.1) is 10.0 Å². The van der Waals surface area contributed by atoms with Gasteiger partial charge in [0.1, 0.15) is 17.1 Å². The van der Waals surface area contributed by atoms with Gasteiger partial charge in [-0.05, 0) is 62.1 Å². The van der Waals surface area contributed by atoms with Crippen LogP contribution in [-0.4, -0.2) is 39.3 Å². The van der Waals surface area contributed by atoms with E-state index in [0.29, 0.717) is 38.6 Å². The van der Waals surface area contributed by atoms with Crippen LogP contribution < -0.4 is 4.90 Å². The molecule has 1 N–H and O–H groups in total. The summed E-state index contributed by atoms with van der Waals surface area (Å²) in [6, 6.07) is 7.85. The number of carboxylic acids is 1. The summed E-state index contributed by atoms with van der Waals surface area (Å²) in [5.74, 6) is 0.833. The topological polar surface area (TPSA) is 92.3 Å². The summed E-state index contributed by atoms with van der Waals surface area (Å²) in [4.78, 5) is 22.1. The normalized spacial score (nSPS) is 18.6. The number of benzene rings is 1. The molecule has 198 valence electrons. The van der Waals surface area contributed by atoms with E-state index in [1.165, 1.54) is 0 Å². The van der Waals surface area contributed by atoms with Crippen molar-refractivity contribution in [3.05, 3.63) is 75.5 Å². The molecule has 0 amide bonds. The smallest absolute Gasteiger partial charge is 0.354 e. The molecule has 2 saturated carbocycles. The van der Waals surface area contributed by atoms with E-state index >= 15 is 0 Å². The van der Waals surface area contributed by atoms with Crippen LogP contribution >= 0.6 is 23.2 Å². The van der Waals surface area contributed by atoms with E-state index in [9.17, 15) is 9.90 Å². The summed E-state index contributed by atoms with van der Waals surface area (Å²) in [6.07, 6.45) is 12.1. The number of hydrogen-bond acceptors (Lipinski definition) is 6. The SMILES string of the molecule is Cc1nc(C(=O)O)cc2ccc(N3CC4(CC(C=Cc5c(-c6c(Cl)cncc6Cl)noc5C5CC5)C4)C3)cc12. The Morgan fingerprint density at radius 1 is 1.15 bits per heavy atom. The van der Waals surface area contributed by atoms with Crippen LogP contribution in [-0.2, 0) is 0 Å². The summed E-state index contributed by atoms with van der Waals surface area (Å²) < 4.78 is 5.78. The summed E-state index contributed by atoms with van der Waals surface area (Å²) >= 11 is 12.9. The Balaban J connectivity index is 1.05. The minimum atomic E-state index is -1.00. The predicted molar refractivity (Wildman–Crippen MR) is 152 cm³/mol. The van der Waals surface area contributed by atoms with Gasteiger partial charge in [-0.15, -0.1) is 0 Å². The molecule has 0 radical (unpaired) electrons. The predicted octanol–water partition coefficient (Wildman–Crippen LogP) is 7.41. The van der Waals surface area contributed by atoms with E-state index in [-0.39, 0.29) is 5.69 Å². The fraction of sp³-hybridized carbons (Fsp3) is 0.333. The van der Waals surface area contributed by atoms with Crippen molar-refractivity contribution in [2.45, 2.75) is 38.5 Å². The molecular formula is C30H26Cl2N4O3. The first-order valence-electron chi connectivity index (χ1n) is 13.2. The Hall–Kier alpha value is -3.42. The molecule has 0 atom stereocenters. The fourth-order valence-corrected chi connectivity index (χ4v) is 6.81. The molecule has 1 aliphatic heterocycles. The van der Waals surface area contributed by atoms with Crippen LogP contribution in [0.5, 0.6) is 0 Å². The summed E-state index contributed by atoms with van der Waals surface area (Å²) in [6.45, 7) is 3.92. The van der Waals surface area contributed by atoms with Crippen molar-refractivity contribution >= 4 is 51.7 Å². The lowest BCUT2D eigenvalue weighted by Gasteiger charge is -2.59. The van der Waals surface area contributed by atoms with Crippen LogP contribution in [0.2, 0.25) is 10.0 Å². The molecule has 7 rings (SSSR count). The second kappa shape index (κ2) is 9.07. The molecule has 2 aliphatic carbocycles. The van der Waals surface area contributed by atoms with E-state index in [4.69, 9.17) is 27.7 Å². The van der Waals surface area contributed by atoms with E-state index < -0.39 is 5.97 Å². The molecule has 3 fully saturated rings. The second-order valence-corrected chi connectivity index (χ2v) is 12.1. The Kier molecular flexibility index (Phi) is 5.72. The largest absolute Gasteiger partial charge is 0.477 e. The van der Waals surface area contributed by atoms with Gasteiger partial charge < -0.3 is 14.5 Å². The van der Waals surface area contributed by atoms with Crippen LogP contribution in [0.15, 0.2) is 47.3 Å². The highest BCUT2D eigenvalue weighted by Gasteiger charge is 2.51. The highest BCUT2D eigenvalue weighted by atomic mass is 35.5. The van der Waals surface area contributed by atoms with Crippen molar-refractivity contribution in [3.8, 4) is 11.3 Å². The van der Waals surface area contributed by atoms with E-state index in [1.54, 1.807) is 18.5 Å². The van der Waals surface area contributed by atoms with Crippen LogP contribution in [0.25, 0.3) is 28.1 Å². The lowest BCUT2D eigenvalue weighted by atomic mass is 9.57. The van der Waals surface area contributed by atoms with Gasteiger partial charge >= 0.3 is 5.97 Å². The number of carboxylic acid groups (broad SMARTS) is 1. The summed E-state index contributed by atoms with van der Waals surface area (Å²) in [7, 11) is 0. The van der Waals surface area contributed by atoms with Crippen LogP contribution in [0.3, 0.4) is 0 Å². The van der Waals surface area contributed by atoms with Gasteiger partial charge in [0.25, 0.3) is 0 Å². The van der Waals surface area contributed by atoms with Crippen molar-refractivity contribution in [2.75, 3.05) is 18.0 Å². The standard InChI is InChI=1S/C30H26Cl2N4O3/c1-16-22-9-20(6-5-19(22)8-25(34-16)29(37)38)36-14-30(15-36)10-17(11-30)2-7-21-27(35-39-28(21)18-3-4-18)26-23(31)12-33-13-24(26)32/h2,5-9,12-13,17-18H,3-4,10-11,14-15H2,1H3,(H,37,38). The van der Waals surface area contributed by atoms with Gasteiger partial charge in [-0.25, -0.2) is 9.78 Å². The van der Waals surface area contributed by atoms with Crippen LogP contribution in [0, 0.1) is 18.3 Å². The molecule has 1 aromatic carbocycles. The zero-order valence-corrected chi connectivity index (χ0v) is 22.8. The fourth-order valence-electron chi connectivity index (χ4n) is 6.26. The minimum absolute atomic E-state index is 0.0822. The molecular weight excluding hydrogens is 535 g/mol. The quantitative estimate of drug-likeness (QED) is 0.262. The first kappa shape index (κ1) is 24.6. The molecule has 4 aromatic rings. The maximum atomic E-state index is 11.3. The number of allylic oxidation sites excluding steroid dienone is 1. The van der Waals surface area contributed by atoms with Gasteiger partial charge in [0, 0.05) is 64.7 Å². The Morgan fingerprint density at radius 3 is 2.59 bits per heavy atom. The maximum absolute atomic E-state index is 11.3. The molecule has 1 saturated heterocycles. The van der Waals surface area contributed by atoms with Gasteiger partial charge in [-0.3, -0.25) is 4.98 Å². The third kappa shape index (κ3) is 4.28. The second-order valence-electron chi connectivity index (χ2n) is 11.2. The number of fused-ring (bicyclic) bond motifs is 1. The summed E-state index contributed by atoms with van der Waals surface area (Å²) in [5, 5.41) is 16.5. The Morgan fingerprint density at radius 2 is 1.90 bits per heavy atom. The monoisotopic (exact) mass is 560 g/mol. The van der Waals surface area contributed by atoms with Crippen molar-refractivity contribution in [3.63, 3.8) is 0 Å². The van der Waals surface area contributed by atoms with Gasteiger partial charge in [0.15, 0.2) is 0 Å². The number of hydrogen-bond donors (Lipinski definition) is 1. The first-order chi connectivity index (χ1) is 18.8. The Bertz CT molecular complexity index is 1640. The number of aromatic carboxylic acids is 1. The zero-order chi connectivity index (χ0) is 26.9. The molecule has 0 unspecified atom stereocenters. The molecule has 1 spiro atoms. The average molecular weight is 561 g/mol. The molecule has 7 nitrogen and oxygen atoms in total. The average Bonchev–Trinajstić information content (AvgIpc) is 3.62. The lowest BCUT2D eigenvalue weighted by molar-refractivity contribution is 0.0486. The number of rotatable bonds is 6. The van der Waals surface area contributed by atoms with Gasteiger partial charge in [-0.2, -0.15) is 0 Å². The van der Waals surface area contributed by atoms with Crippen molar-refractivity contribution in [1.82, 2.24) is 15.1 Å². The van der Waals surface area contributed by atoms with E-state index in [1.807, 2.05) is 13.0 Å². The van der Waals surface area contributed by atoms with E-state index in [2.05, 4.69) is 44.3 Å². The number of anilines is 1. The van der Waals surface area contributed by atoms with Crippen molar-refractivity contribution in [2.24, 2.45) is 11.3 Å². The number of carbonyl (C=O) groups is 1. The molecule has 39 heavy (non-hydrogen) atoms. The third-order valence-electron chi connectivity index (χ3n) is 8.36. The number of aromatic nitrogens is 3. The minimum Gasteiger partial charge on any atom is -0.477 e. The number of pyridine rings is 2. The van der Waals surface area contributed by atoms with Crippen LogP contribution in [0.1, 0.15) is 59.1 Å². The molecule has 3 aromatic heterocycles. The van der Waals surface area contributed by atoms with Crippen molar-refractivity contribution in [1.29, 1.82) is 0 Å². The van der Waals surface area contributed by atoms with Gasteiger partial charge in [-0.1, -0.05) is 46.6 Å². The number of nitrogens with zero attached hydrogens (tertiary/aromatic N) is 4. The highest BCUT2D eigenvalue weighted by molar-refractivity contribution is 6.39. The molecule has 4 heterocycles. The summed E-state index contributed by atoms with van der Waals surface area (Å²) in [5.41, 5.74) is 4.67. The van der Waals surface area contributed by atoms with E-state index in [0.717, 1.165) is 72.3 Å². The Labute approximate surface area is 235 Å². The highest BCUT2D eigenvalue weighted by Crippen LogP contribution is 2.54. The first-order valence-corrected chi connectivity index (χ1v) is 13.9. The molecule has 0 bridgehead atoms. The molecule has 3 aliphatic rings. The third-order valence-corrected chi connectivity index (χ3v) is 8.94. The number of halogens is 2. The lowest BCUT2D eigenvalue weighted by Crippen LogP contribution is -2.62. The molecule has 9 heteroatoms.